The molecule has 13 heteroatoms. The van der Waals surface area contributed by atoms with E-state index in [1.54, 1.807) is 25.1 Å². The number of halogens is 4. The molecule has 2 atom stereocenters. The van der Waals surface area contributed by atoms with Crippen molar-refractivity contribution in [2.24, 2.45) is 0 Å². The monoisotopic (exact) mass is 626 g/mol. The smallest absolute Gasteiger partial charge is 0.252 e. The molecule has 1 saturated heterocycles. The Hall–Kier alpha value is -4.50. The fraction of sp³-hybridized carbons (Fsp3) is 0.355. The van der Waals surface area contributed by atoms with Gasteiger partial charge < -0.3 is 5.32 Å². The van der Waals surface area contributed by atoms with Crippen LogP contribution >= 0.6 is 11.6 Å². The molecule has 5 rings (SSSR count). The standard InChI is InChI=1S/C30H26ClF3N6O3.CH4/c1-2-17-11-18(32)13-21(12-17)39(28(43)24-7-8-25(41)40(24)29-36-10-9-19(16-35)38-29)26(22-5-3-4-6-23(22)31)27(42)37-20-14-30(33,34)15-20;/h3-6,9-13,20,24,26H,2,7-8,14-15H2,1H3,(H,37,42);1H4/t24-,26-;/m0./s1. The molecule has 1 N–H and O–H groups in total. The summed E-state index contributed by atoms with van der Waals surface area (Å²) < 4.78 is 42.3. The minimum absolute atomic E-state index is 0. The van der Waals surface area contributed by atoms with Crippen LogP contribution in [0.15, 0.2) is 54.7 Å². The summed E-state index contributed by atoms with van der Waals surface area (Å²) in [5.41, 5.74) is 0.666. The van der Waals surface area contributed by atoms with Crippen molar-refractivity contribution in [3.05, 3.63) is 82.4 Å². The molecule has 0 unspecified atom stereocenters. The molecular weight excluding hydrogens is 597 g/mol. The van der Waals surface area contributed by atoms with Gasteiger partial charge in [0.25, 0.3) is 11.8 Å². The van der Waals surface area contributed by atoms with E-state index in [0.29, 0.717) is 12.0 Å². The molecule has 2 aliphatic rings. The third-order valence-electron chi connectivity index (χ3n) is 7.48. The molecule has 1 aliphatic heterocycles. The molecular formula is C31H30ClF3N6O3. The topological polar surface area (TPSA) is 119 Å². The number of benzene rings is 2. The molecule has 0 bridgehead atoms. The quantitative estimate of drug-likeness (QED) is 0.352. The van der Waals surface area contributed by atoms with Gasteiger partial charge in [0, 0.05) is 47.8 Å². The van der Waals surface area contributed by atoms with E-state index < -0.39 is 60.4 Å². The molecule has 2 aromatic carbocycles. The summed E-state index contributed by atoms with van der Waals surface area (Å²) >= 11 is 6.53. The molecule has 230 valence electrons. The van der Waals surface area contributed by atoms with Gasteiger partial charge in [-0.15, -0.1) is 0 Å². The largest absolute Gasteiger partial charge is 0.351 e. The van der Waals surface area contributed by atoms with E-state index in [9.17, 15) is 32.8 Å². The molecule has 44 heavy (non-hydrogen) atoms. The van der Waals surface area contributed by atoms with Crippen LogP contribution < -0.4 is 15.1 Å². The number of nitrogens with one attached hydrogen (secondary N) is 1. The molecule has 1 aromatic heterocycles. The maximum Gasteiger partial charge on any atom is 0.252 e. The average molecular weight is 627 g/mol. The van der Waals surface area contributed by atoms with Crippen LogP contribution in [0.25, 0.3) is 0 Å². The van der Waals surface area contributed by atoms with Gasteiger partial charge in [-0.25, -0.2) is 23.1 Å². The molecule has 1 aliphatic carbocycles. The van der Waals surface area contributed by atoms with Gasteiger partial charge in [0.15, 0.2) is 0 Å². The predicted octanol–water partition coefficient (Wildman–Crippen LogP) is 5.52. The van der Waals surface area contributed by atoms with Crippen LogP contribution in [-0.2, 0) is 20.8 Å². The van der Waals surface area contributed by atoms with Crippen molar-refractivity contribution in [1.29, 1.82) is 5.26 Å². The van der Waals surface area contributed by atoms with Crippen molar-refractivity contribution in [1.82, 2.24) is 15.3 Å². The summed E-state index contributed by atoms with van der Waals surface area (Å²) in [6, 6.07) is 9.75. The highest BCUT2D eigenvalue weighted by atomic mass is 35.5. The molecule has 3 amide bonds. The van der Waals surface area contributed by atoms with Crippen LogP contribution in [-0.4, -0.2) is 45.7 Å². The minimum Gasteiger partial charge on any atom is -0.351 e. The summed E-state index contributed by atoms with van der Waals surface area (Å²) in [5.74, 6) is -5.84. The summed E-state index contributed by atoms with van der Waals surface area (Å²) in [5, 5.41) is 12.0. The van der Waals surface area contributed by atoms with E-state index in [0.717, 1.165) is 15.9 Å². The number of anilines is 2. The summed E-state index contributed by atoms with van der Waals surface area (Å²) in [6.45, 7) is 1.79. The third kappa shape index (κ3) is 6.53. The van der Waals surface area contributed by atoms with Crippen LogP contribution in [0.5, 0.6) is 0 Å². The fourth-order valence-corrected chi connectivity index (χ4v) is 5.61. The maximum absolute atomic E-state index is 14.9. The second-order valence-corrected chi connectivity index (χ2v) is 10.9. The molecule has 0 spiro atoms. The third-order valence-corrected chi connectivity index (χ3v) is 7.82. The first-order valence-electron chi connectivity index (χ1n) is 13.6. The van der Waals surface area contributed by atoms with Gasteiger partial charge in [0.1, 0.15) is 29.7 Å². The molecule has 3 aromatic rings. The number of amides is 3. The van der Waals surface area contributed by atoms with Crippen molar-refractivity contribution < 1.29 is 27.6 Å². The van der Waals surface area contributed by atoms with Crippen molar-refractivity contribution in [3.8, 4) is 6.07 Å². The highest BCUT2D eigenvalue weighted by Crippen LogP contribution is 2.40. The number of nitrogens with zero attached hydrogens (tertiary/aromatic N) is 5. The maximum atomic E-state index is 14.9. The van der Waals surface area contributed by atoms with Crippen LogP contribution in [0, 0.1) is 17.1 Å². The van der Waals surface area contributed by atoms with E-state index in [1.807, 2.05) is 6.07 Å². The van der Waals surface area contributed by atoms with E-state index in [4.69, 9.17) is 11.6 Å². The molecule has 0 radical (unpaired) electrons. The lowest BCUT2D eigenvalue weighted by Gasteiger charge is -2.39. The summed E-state index contributed by atoms with van der Waals surface area (Å²) in [6.07, 6.45) is 0.485. The number of hydrogen-bond donors (Lipinski definition) is 1. The van der Waals surface area contributed by atoms with Gasteiger partial charge in [-0.1, -0.05) is 44.2 Å². The Kier molecular flexibility index (Phi) is 9.59. The van der Waals surface area contributed by atoms with Crippen LogP contribution in [0.3, 0.4) is 0 Å². The second kappa shape index (κ2) is 13.0. The van der Waals surface area contributed by atoms with E-state index in [-0.39, 0.29) is 48.2 Å². The highest BCUT2D eigenvalue weighted by Gasteiger charge is 2.49. The first kappa shape index (κ1) is 32.4. The van der Waals surface area contributed by atoms with Crippen molar-refractivity contribution in [2.45, 2.75) is 70.5 Å². The Morgan fingerprint density at radius 1 is 1.23 bits per heavy atom. The fourth-order valence-electron chi connectivity index (χ4n) is 5.37. The van der Waals surface area contributed by atoms with Gasteiger partial charge in [-0.3, -0.25) is 24.2 Å². The molecule has 1 saturated carbocycles. The molecule has 2 fully saturated rings. The van der Waals surface area contributed by atoms with E-state index >= 15 is 0 Å². The first-order chi connectivity index (χ1) is 20.5. The van der Waals surface area contributed by atoms with Crippen LogP contribution in [0.2, 0.25) is 5.02 Å². The Morgan fingerprint density at radius 3 is 2.61 bits per heavy atom. The first-order valence-corrected chi connectivity index (χ1v) is 14.0. The zero-order valence-corrected chi connectivity index (χ0v) is 23.7. The Balaban J connectivity index is 0.00000442. The highest BCUT2D eigenvalue weighted by molar-refractivity contribution is 6.31. The SMILES string of the molecule is C.CCc1cc(F)cc(N(C(=O)[C@@H]2CCC(=O)N2c2nccc(C#N)n2)[C@H](C(=O)NC2CC(F)(F)C2)c2ccccc2Cl)c1. The Labute approximate surface area is 257 Å². The van der Waals surface area contributed by atoms with Crippen molar-refractivity contribution in [3.63, 3.8) is 0 Å². The average Bonchev–Trinajstić information content (AvgIpc) is 3.35. The number of nitriles is 1. The van der Waals surface area contributed by atoms with Crippen LogP contribution in [0.1, 0.15) is 62.9 Å². The number of aromatic nitrogens is 2. The number of aryl methyl sites for hydroxylation is 1. The lowest BCUT2D eigenvalue weighted by molar-refractivity contribution is -0.133. The number of hydrogen-bond acceptors (Lipinski definition) is 6. The number of rotatable bonds is 8. The normalized spacial score (nSPS) is 18.0. The van der Waals surface area contributed by atoms with Crippen molar-refractivity contribution >= 4 is 41.0 Å². The van der Waals surface area contributed by atoms with Gasteiger partial charge in [-0.05, 0) is 48.7 Å². The summed E-state index contributed by atoms with van der Waals surface area (Å²) in [4.78, 5) is 51.9. The van der Waals surface area contributed by atoms with Gasteiger partial charge >= 0.3 is 0 Å². The lowest BCUT2D eigenvalue weighted by Crippen LogP contribution is -2.56. The Morgan fingerprint density at radius 2 is 1.95 bits per heavy atom. The molecule has 2 heterocycles. The molecule has 9 nitrogen and oxygen atoms in total. The zero-order chi connectivity index (χ0) is 30.9. The van der Waals surface area contributed by atoms with Crippen LogP contribution in [0.4, 0.5) is 24.8 Å². The van der Waals surface area contributed by atoms with E-state index in [2.05, 4.69) is 15.3 Å². The Bertz CT molecular complexity index is 1620. The lowest BCUT2D eigenvalue weighted by atomic mass is 9.87. The predicted molar refractivity (Wildman–Crippen MR) is 158 cm³/mol. The minimum atomic E-state index is -2.92. The second-order valence-electron chi connectivity index (χ2n) is 10.4. The van der Waals surface area contributed by atoms with Gasteiger partial charge in [-0.2, -0.15) is 5.26 Å². The number of alkyl halides is 2. The zero-order valence-electron chi connectivity index (χ0n) is 22.9. The van der Waals surface area contributed by atoms with Gasteiger partial charge in [0.2, 0.25) is 17.8 Å². The van der Waals surface area contributed by atoms with Gasteiger partial charge in [0.05, 0.1) is 0 Å². The number of carbonyl (C=O) groups excluding carboxylic acids is 3. The van der Waals surface area contributed by atoms with E-state index in [1.165, 1.54) is 30.5 Å². The van der Waals surface area contributed by atoms with Crippen molar-refractivity contribution in [2.75, 3.05) is 9.80 Å². The summed E-state index contributed by atoms with van der Waals surface area (Å²) in [7, 11) is 0. The number of carbonyl (C=O) groups is 3.